The Morgan fingerprint density at radius 2 is 2.12 bits per heavy atom. The van der Waals surface area contributed by atoms with Crippen LogP contribution in [-0.4, -0.2) is 22.7 Å². The number of carbonyl (C=O) groups is 1. The van der Waals surface area contributed by atoms with Gasteiger partial charge in [-0.3, -0.25) is 0 Å². The quantitative estimate of drug-likeness (QED) is 0.735. The van der Waals surface area contributed by atoms with Crippen LogP contribution in [0.2, 0.25) is 0 Å². The van der Waals surface area contributed by atoms with E-state index >= 15 is 0 Å². The van der Waals surface area contributed by atoms with Crippen molar-refractivity contribution in [1.29, 1.82) is 0 Å². The van der Waals surface area contributed by atoms with Crippen LogP contribution >= 0.6 is 11.3 Å². The zero-order valence-electron chi connectivity index (χ0n) is 13.6. The Labute approximate surface area is 148 Å². The molecule has 0 radical (unpaired) electrons. The normalized spacial score (nSPS) is 11.6. The number of benzene rings is 2. The van der Waals surface area contributed by atoms with E-state index in [1.165, 1.54) is 17.4 Å². The summed E-state index contributed by atoms with van der Waals surface area (Å²) in [6.45, 7) is 2.25. The lowest BCUT2D eigenvalue weighted by Crippen LogP contribution is -2.22. The van der Waals surface area contributed by atoms with Crippen molar-refractivity contribution >= 4 is 39.2 Å². The fourth-order valence-corrected chi connectivity index (χ4v) is 3.43. The highest BCUT2D eigenvalue weighted by Gasteiger charge is 2.10. The maximum Gasteiger partial charge on any atom is 0.161 e. The molecule has 25 heavy (non-hydrogen) atoms. The Bertz CT molecular complexity index is 913. The molecule has 0 amide bonds. The van der Waals surface area contributed by atoms with Gasteiger partial charge in [0.2, 0.25) is 0 Å². The van der Waals surface area contributed by atoms with Crippen LogP contribution in [0.4, 0.5) is 0 Å². The van der Waals surface area contributed by atoms with Gasteiger partial charge in [0, 0.05) is 12.4 Å². The monoisotopic (exact) mass is 354 g/mol. The number of carbonyl (C=O) groups excluding carboxylic acids is 1. The van der Waals surface area contributed by atoms with Crippen molar-refractivity contribution < 1.29 is 19.7 Å². The summed E-state index contributed by atoms with van der Waals surface area (Å²) in [5.74, 6) is -0.775. The van der Waals surface area contributed by atoms with E-state index in [0.29, 0.717) is 22.9 Å². The fourth-order valence-electron chi connectivity index (χ4n) is 2.45. The summed E-state index contributed by atoms with van der Waals surface area (Å²) in [6, 6.07) is 12.5. The highest BCUT2D eigenvalue weighted by molar-refractivity contribution is 7.19. The molecule has 0 atom stereocenters. The van der Waals surface area contributed by atoms with E-state index < -0.39 is 5.97 Å². The number of fused-ring (bicyclic) bond motifs is 1. The largest absolute Gasteiger partial charge is 0.550 e. The van der Waals surface area contributed by atoms with E-state index in [2.05, 4.69) is 4.98 Å². The van der Waals surface area contributed by atoms with Crippen molar-refractivity contribution in [1.82, 2.24) is 4.98 Å². The van der Waals surface area contributed by atoms with Crippen molar-refractivity contribution in [2.45, 2.75) is 13.3 Å². The first-order chi connectivity index (χ1) is 12.1. The first-order valence-electron chi connectivity index (χ1n) is 7.79. The minimum absolute atomic E-state index is 0.0421. The summed E-state index contributed by atoms with van der Waals surface area (Å²) in [6.07, 6.45) is 1.49. The molecule has 0 bridgehead atoms. The summed E-state index contributed by atoms with van der Waals surface area (Å²) in [5, 5.41) is 21.6. The highest BCUT2D eigenvalue weighted by atomic mass is 32.1. The van der Waals surface area contributed by atoms with Crippen LogP contribution in [0.15, 0.2) is 42.5 Å². The Hall–Kier alpha value is -2.86. The van der Waals surface area contributed by atoms with Crippen molar-refractivity contribution in [3.8, 4) is 11.5 Å². The number of phenolic OH excluding ortho intramolecular Hbond substituents is 1. The molecular formula is C19H16NO4S-. The van der Waals surface area contributed by atoms with Gasteiger partial charge in [-0.2, -0.15) is 0 Å². The molecule has 5 nitrogen and oxygen atoms in total. The van der Waals surface area contributed by atoms with E-state index in [-0.39, 0.29) is 12.2 Å². The molecule has 0 aliphatic rings. The molecule has 1 N–H and O–H groups in total. The number of rotatable bonds is 6. The predicted octanol–water partition coefficient (Wildman–Crippen LogP) is 3.08. The Kier molecular flexibility index (Phi) is 5.00. The van der Waals surface area contributed by atoms with E-state index in [1.54, 1.807) is 18.2 Å². The lowest BCUT2D eigenvalue weighted by atomic mass is 10.1. The van der Waals surface area contributed by atoms with Gasteiger partial charge in [0.25, 0.3) is 0 Å². The molecule has 6 heteroatoms. The number of carboxylic acid groups (broad SMARTS) is 1. The summed E-state index contributed by atoms with van der Waals surface area (Å²) >= 11 is 1.43. The fraction of sp³-hybridized carbons (Fsp3) is 0.158. The molecule has 0 fully saturated rings. The summed E-state index contributed by atoms with van der Waals surface area (Å²) < 4.78 is 6.36. The average Bonchev–Trinajstić information content (AvgIpc) is 3.01. The molecule has 0 aliphatic heterocycles. The highest BCUT2D eigenvalue weighted by Crippen LogP contribution is 2.32. The zero-order valence-corrected chi connectivity index (χ0v) is 14.4. The number of aliphatic carboxylic acids is 1. The molecule has 2 aromatic carbocycles. The Morgan fingerprint density at radius 1 is 1.32 bits per heavy atom. The second-order valence-electron chi connectivity index (χ2n) is 5.37. The van der Waals surface area contributed by atoms with Crippen LogP contribution in [0.25, 0.3) is 21.9 Å². The molecule has 3 rings (SSSR count). The second-order valence-corrected chi connectivity index (χ2v) is 6.40. The minimum Gasteiger partial charge on any atom is -0.550 e. The Balaban J connectivity index is 2.04. The predicted molar refractivity (Wildman–Crippen MR) is 96.4 cm³/mol. The second kappa shape index (κ2) is 7.36. The number of ether oxygens (including phenoxy) is 1. The van der Waals surface area contributed by atoms with E-state index in [4.69, 9.17) is 4.74 Å². The standard InChI is InChI=1S/C19H17NO4S/c1-2-24-16-10-12(7-8-15(16)21)9-13(11-18(22)23)19-20-14-5-3-4-6-17(14)25-19/h3-10,21H,2,11H2,1H3,(H,22,23)/p-1/b13-9+. The minimum atomic E-state index is -1.17. The van der Waals surface area contributed by atoms with Crippen molar-refractivity contribution in [2.24, 2.45) is 0 Å². The number of nitrogens with zero attached hydrogens (tertiary/aromatic N) is 1. The lowest BCUT2D eigenvalue weighted by molar-refractivity contribution is -0.304. The van der Waals surface area contributed by atoms with Crippen molar-refractivity contribution in [2.75, 3.05) is 6.61 Å². The van der Waals surface area contributed by atoms with E-state index in [9.17, 15) is 15.0 Å². The van der Waals surface area contributed by atoms with Gasteiger partial charge in [-0.05, 0) is 48.4 Å². The van der Waals surface area contributed by atoms with Crippen LogP contribution in [0, 0.1) is 0 Å². The first-order valence-corrected chi connectivity index (χ1v) is 8.60. The third kappa shape index (κ3) is 3.97. The number of para-hydroxylation sites is 1. The molecular weight excluding hydrogens is 338 g/mol. The number of aromatic nitrogens is 1. The third-order valence-electron chi connectivity index (χ3n) is 3.53. The average molecular weight is 354 g/mol. The Morgan fingerprint density at radius 3 is 2.84 bits per heavy atom. The number of phenols is 1. The van der Waals surface area contributed by atoms with Gasteiger partial charge in [-0.25, -0.2) is 4.98 Å². The van der Waals surface area contributed by atoms with Crippen molar-refractivity contribution in [3.63, 3.8) is 0 Å². The van der Waals surface area contributed by atoms with Gasteiger partial charge in [0.15, 0.2) is 11.5 Å². The third-order valence-corrected chi connectivity index (χ3v) is 4.64. The van der Waals surface area contributed by atoms with Gasteiger partial charge in [0.05, 0.1) is 16.8 Å². The molecule has 0 aliphatic carbocycles. The number of thiazole rings is 1. The first kappa shape index (κ1) is 17.0. The molecule has 128 valence electrons. The van der Waals surface area contributed by atoms with Gasteiger partial charge < -0.3 is 19.7 Å². The summed E-state index contributed by atoms with van der Waals surface area (Å²) in [4.78, 5) is 15.7. The lowest BCUT2D eigenvalue weighted by Gasteiger charge is -2.09. The molecule has 1 aromatic heterocycles. The maximum atomic E-state index is 11.2. The van der Waals surface area contributed by atoms with E-state index in [0.717, 1.165) is 15.8 Å². The number of aromatic hydroxyl groups is 1. The zero-order chi connectivity index (χ0) is 17.8. The molecule has 0 spiro atoms. The number of hydrogen-bond acceptors (Lipinski definition) is 6. The summed E-state index contributed by atoms with van der Waals surface area (Å²) in [7, 11) is 0. The topological polar surface area (TPSA) is 82.5 Å². The SMILES string of the molecule is CCOc1cc(/C=C(\CC(=O)[O-])c2nc3ccccc3s2)ccc1O. The van der Waals surface area contributed by atoms with E-state index in [1.807, 2.05) is 31.2 Å². The molecule has 0 unspecified atom stereocenters. The van der Waals surface area contributed by atoms with Crippen LogP contribution in [0.5, 0.6) is 11.5 Å². The molecule has 1 heterocycles. The van der Waals surface area contributed by atoms with Gasteiger partial charge in [-0.1, -0.05) is 18.2 Å². The number of carboxylic acids is 1. The summed E-state index contributed by atoms with van der Waals surface area (Å²) in [5.41, 5.74) is 2.10. The van der Waals surface area contributed by atoms with Crippen LogP contribution < -0.4 is 9.84 Å². The molecule has 0 saturated heterocycles. The van der Waals surface area contributed by atoms with Crippen molar-refractivity contribution in [3.05, 3.63) is 53.0 Å². The van der Waals surface area contributed by atoms with Gasteiger partial charge in [0.1, 0.15) is 5.01 Å². The van der Waals surface area contributed by atoms with Crippen LogP contribution in [0.3, 0.4) is 0 Å². The van der Waals surface area contributed by atoms with Gasteiger partial charge in [-0.15, -0.1) is 11.3 Å². The molecule has 0 saturated carbocycles. The smallest absolute Gasteiger partial charge is 0.161 e. The number of hydrogen-bond donors (Lipinski definition) is 1. The maximum absolute atomic E-state index is 11.2. The van der Waals surface area contributed by atoms with Crippen LogP contribution in [-0.2, 0) is 4.79 Å². The molecule has 3 aromatic rings. The van der Waals surface area contributed by atoms with Gasteiger partial charge >= 0.3 is 0 Å². The van der Waals surface area contributed by atoms with Crippen LogP contribution in [0.1, 0.15) is 23.9 Å².